The summed E-state index contributed by atoms with van der Waals surface area (Å²) in [5.41, 5.74) is 1.16. The number of Topliss-reactive ketones (excluding diaryl/α,β-unsaturated/α-hetero) is 1. The van der Waals surface area contributed by atoms with Gasteiger partial charge in [-0.05, 0) is 13.3 Å². The lowest BCUT2D eigenvalue weighted by Crippen LogP contribution is -2.33. The number of allylic oxidation sites excluding steroid dienone is 3. The van der Waals surface area contributed by atoms with Crippen LogP contribution in [0.25, 0.3) is 0 Å². The van der Waals surface area contributed by atoms with Gasteiger partial charge in [-0.25, -0.2) is 8.42 Å². The summed E-state index contributed by atoms with van der Waals surface area (Å²) in [5, 5.41) is 0. The summed E-state index contributed by atoms with van der Waals surface area (Å²) in [5.74, 6) is -0.0765. The van der Waals surface area contributed by atoms with E-state index >= 15 is 0 Å². The summed E-state index contributed by atoms with van der Waals surface area (Å²) < 4.78 is 22.5. The van der Waals surface area contributed by atoms with Gasteiger partial charge in [0.25, 0.3) is 0 Å². The summed E-state index contributed by atoms with van der Waals surface area (Å²) in [7, 11) is -3.18. The molecule has 0 aromatic heterocycles. The van der Waals surface area contributed by atoms with Crippen LogP contribution in [0, 0.1) is 0 Å². The van der Waals surface area contributed by atoms with Crippen LogP contribution < -0.4 is 0 Å². The highest BCUT2D eigenvalue weighted by atomic mass is 32.2. The smallest absolute Gasteiger partial charge is 0.192 e. The number of hydrogen-bond acceptors (Lipinski definition) is 3. The van der Waals surface area contributed by atoms with Gasteiger partial charge in [-0.15, -0.1) is 0 Å². The molecule has 19 heavy (non-hydrogen) atoms. The first kappa shape index (κ1) is 13.7. The molecule has 4 heteroatoms. The third-order valence-electron chi connectivity index (χ3n) is 3.49. The Morgan fingerprint density at radius 3 is 2.32 bits per heavy atom. The maximum absolute atomic E-state index is 12.2. The highest BCUT2D eigenvalue weighted by molar-refractivity contribution is 7.92. The molecule has 1 unspecified atom stereocenters. The van der Waals surface area contributed by atoms with E-state index in [0.29, 0.717) is 17.6 Å². The number of hydrogen-bond donors (Lipinski definition) is 0. The second kappa shape index (κ2) is 4.78. The first-order valence-corrected chi connectivity index (χ1v) is 7.91. The van der Waals surface area contributed by atoms with Crippen LogP contribution in [0.2, 0.25) is 0 Å². The van der Waals surface area contributed by atoms with E-state index in [1.54, 1.807) is 49.4 Å². The number of carbonyl (C=O) groups is 1. The molecule has 0 radical (unpaired) electrons. The predicted molar refractivity (Wildman–Crippen MR) is 75.9 cm³/mol. The van der Waals surface area contributed by atoms with E-state index in [9.17, 15) is 13.2 Å². The molecule has 3 nitrogen and oxygen atoms in total. The molecule has 0 saturated carbocycles. The van der Waals surface area contributed by atoms with Gasteiger partial charge in [0.15, 0.2) is 15.6 Å². The number of ketones is 1. The van der Waals surface area contributed by atoms with E-state index in [1.165, 1.54) is 6.26 Å². The van der Waals surface area contributed by atoms with Crippen LogP contribution in [-0.4, -0.2) is 25.2 Å². The Morgan fingerprint density at radius 2 is 1.84 bits per heavy atom. The van der Waals surface area contributed by atoms with E-state index in [-0.39, 0.29) is 5.78 Å². The Kier molecular flexibility index (Phi) is 3.45. The molecule has 0 fully saturated rings. The molecule has 0 N–H and O–H groups in total. The summed E-state index contributed by atoms with van der Waals surface area (Å²) >= 11 is 0. The molecule has 0 spiro atoms. The van der Waals surface area contributed by atoms with Crippen LogP contribution in [0.4, 0.5) is 0 Å². The van der Waals surface area contributed by atoms with Crippen molar-refractivity contribution in [2.45, 2.75) is 18.1 Å². The number of benzene rings is 1. The predicted octanol–water partition coefficient (Wildman–Crippen LogP) is 2.56. The van der Waals surface area contributed by atoms with Crippen molar-refractivity contribution in [2.75, 3.05) is 6.26 Å². The molecule has 1 aromatic rings. The van der Waals surface area contributed by atoms with Crippen LogP contribution in [0.15, 0.2) is 54.1 Å². The molecular formula is C15H16O3S. The van der Waals surface area contributed by atoms with Crippen LogP contribution in [0.5, 0.6) is 0 Å². The molecule has 1 aromatic carbocycles. The lowest BCUT2D eigenvalue weighted by atomic mass is 9.93. The van der Waals surface area contributed by atoms with E-state index in [0.717, 1.165) is 0 Å². The number of rotatable bonds is 3. The zero-order chi connectivity index (χ0) is 14.1. The number of carbonyl (C=O) groups excluding carboxylic acids is 1. The molecule has 1 aliphatic rings. The van der Waals surface area contributed by atoms with Crippen LogP contribution in [0.1, 0.15) is 23.7 Å². The maximum atomic E-state index is 12.2. The van der Waals surface area contributed by atoms with Crippen molar-refractivity contribution in [3.05, 3.63) is 59.7 Å². The highest BCUT2D eigenvalue weighted by Gasteiger charge is 2.34. The molecule has 0 saturated heterocycles. The van der Waals surface area contributed by atoms with Crippen LogP contribution >= 0.6 is 0 Å². The average molecular weight is 276 g/mol. The van der Waals surface area contributed by atoms with E-state index in [1.807, 2.05) is 6.07 Å². The SMILES string of the molecule is CC1(S(C)(=O)=O)C=CC(C(=O)c2ccccc2)=CC1. The van der Waals surface area contributed by atoms with Crippen molar-refractivity contribution in [1.29, 1.82) is 0 Å². The zero-order valence-electron chi connectivity index (χ0n) is 11.0. The fourth-order valence-corrected chi connectivity index (χ4v) is 2.62. The van der Waals surface area contributed by atoms with Crippen molar-refractivity contribution in [3.8, 4) is 0 Å². The van der Waals surface area contributed by atoms with Gasteiger partial charge < -0.3 is 0 Å². The van der Waals surface area contributed by atoms with Gasteiger partial charge in [0.1, 0.15) is 0 Å². The minimum absolute atomic E-state index is 0.0765. The lowest BCUT2D eigenvalue weighted by molar-refractivity contribution is 0.103. The van der Waals surface area contributed by atoms with Crippen molar-refractivity contribution < 1.29 is 13.2 Å². The molecule has 0 heterocycles. The Morgan fingerprint density at radius 1 is 1.21 bits per heavy atom. The normalized spacial score (nSPS) is 22.9. The molecule has 0 bridgehead atoms. The van der Waals surface area contributed by atoms with E-state index in [2.05, 4.69) is 0 Å². The fraction of sp³-hybridized carbons (Fsp3) is 0.267. The van der Waals surface area contributed by atoms with Gasteiger partial charge in [0.2, 0.25) is 0 Å². The minimum atomic E-state index is -3.18. The van der Waals surface area contributed by atoms with Crippen LogP contribution in [-0.2, 0) is 9.84 Å². The Bertz CT molecular complexity index is 654. The minimum Gasteiger partial charge on any atom is -0.289 e. The molecule has 2 rings (SSSR count). The van der Waals surface area contributed by atoms with Gasteiger partial charge in [0, 0.05) is 17.4 Å². The van der Waals surface area contributed by atoms with Crippen molar-refractivity contribution >= 4 is 15.6 Å². The highest BCUT2D eigenvalue weighted by Crippen LogP contribution is 2.29. The molecular weight excluding hydrogens is 260 g/mol. The second-order valence-electron chi connectivity index (χ2n) is 4.98. The van der Waals surface area contributed by atoms with Crippen molar-refractivity contribution in [2.24, 2.45) is 0 Å². The Balaban J connectivity index is 2.25. The maximum Gasteiger partial charge on any atom is 0.192 e. The van der Waals surface area contributed by atoms with Crippen molar-refractivity contribution in [1.82, 2.24) is 0 Å². The Hall–Kier alpha value is -1.68. The van der Waals surface area contributed by atoms with Crippen molar-refractivity contribution in [3.63, 3.8) is 0 Å². The van der Waals surface area contributed by atoms with E-state index < -0.39 is 14.6 Å². The summed E-state index contributed by atoms with van der Waals surface area (Å²) in [6.07, 6.45) is 6.47. The monoisotopic (exact) mass is 276 g/mol. The van der Waals surface area contributed by atoms with Gasteiger partial charge in [-0.2, -0.15) is 0 Å². The van der Waals surface area contributed by atoms with Gasteiger partial charge in [-0.1, -0.05) is 48.6 Å². The number of sulfone groups is 1. The lowest BCUT2D eigenvalue weighted by Gasteiger charge is -2.25. The second-order valence-corrected chi connectivity index (χ2v) is 7.45. The first-order valence-electron chi connectivity index (χ1n) is 6.02. The zero-order valence-corrected chi connectivity index (χ0v) is 11.8. The quantitative estimate of drug-likeness (QED) is 0.797. The van der Waals surface area contributed by atoms with Crippen LogP contribution in [0.3, 0.4) is 0 Å². The first-order chi connectivity index (χ1) is 8.83. The van der Waals surface area contributed by atoms with Gasteiger partial charge in [-0.3, -0.25) is 4.79 Å². The summed E-state index contributed by atoms with van der Waals surface area (Å²) in [4.78, 5) is 12.2. The molecule has 0 aliphatic heterocycles. The third-order valence-corrected chi connectivity index (χ3v) is 5.48. The topological polar surface area (TPSA) is 51.2 Å². The largest absolute Gasteiger partial charge is 0.289 e. The standard InChI is InChI=1S/C15H16O3S/c1-15(19(2,17)18)10-8-13(9-11-15)14(16)12-6-4-3-5-7-12/h3-10H,11H2,1-2H3. The summed E-state index contributed by atoms with van der Waals surface area (Å²) in [6.45, 7) is 1.67. The third kappa shape index (κ3) is 2.68. The summed E-state index contributed by atoms with van der Waals surface area (Å²) in [6, 6.07) is 8.97. The van der Waals surface area contributed by atoms with Gasteiger partial charge in [0.05, 0.1) is 4.75 Å². The van der Waals surface area contributed by atoms with E-state index in [4.69, 9.17) is 0 Å². The molecule has 100 valence electrons. The molecule has 0 amide bonds. The Labute approximate surface area is 113 Å². The average Bonchev–Trinajstić information content (AvgIpc) is 2.39. The molecule has 1 aliphatic carbocycles. The fourth-order valence-electron chi connectivity index (χ4n) is 1.91. The molecule has 1 atom stereocenters. The van der Waals surface area contributed by atoms with Gasteiger partial charge >= 0.3 is 0 Å².